The van der Waals surface area contributed by atoms with Crippen LogP contribution in [0.15, 0.2) is 122 Å². The number of pyridine rings is 1. The lowest BCUT2D eigenvalue weighted by Crippen LogP contribution is -2.30. The third-order valence-corrected chi connectivity index (χ3v) is 9.43. The molecule has 7 rings (SSSR count). The molecule has 1 aliphatic heterocycles. The molecular formula is C42H43N3O. The largest absolute Gasteiger partial charge is 0.457 e. The van der Waals surface area contributed by atoms with Crippen LogP contribution in [0, 0.1) is 0 Å². The van der Waals surface area contributed by atoms with Gasteiger partial charge in [0, 0.05) is 37.4 Å². The molecule has 0 unspecified atom stereocenters. The van der Waals surface area contributed by atoms with E-state index in [0.717, 1.165) is 35.1 Å². The van der Waals surface area contributed by atoms with Gasteiger partial charge >= 0.3 is 0 Å². The average Bonchev–Trinajstić information content (AvgIpc) is 3.60. The summed E-state index contributed by atoms with van der Waals surface area (Å²) in [4.78, 5) is 9.57. The third-order valence-electron chi connectivity index (χ3n) is 9.43. The lowest BCUT2D eigenvalue weighted by atomic mass is 9.69. The summed E-state index contributed by atoms with van der Waals surface area (Å²) in [5, 5.41) is 0. The Morgan fingerprint density at radius 2 is 1.33 bits per heavy atom. The van der Waals surface area contributed by atoms with Crippen molar-refractivity contribution < 1.29 is 4.74 Å². The second-order valence-corrected chi connectivity index (χ2v) is 14.8. The minimum absolute atomic E-state index is 0.0173. The fourth-order valence-corrected chi connectivity index (χ4v) is 6.94. The number of nitrogens with zero attached hydrogens (tertiary/aromatic N) is 3. The Balaban J connectivity index is 1.40. The van der Waals surface area contributed by atoms with Gasteiger partial charge in [0.15, 0.2) is 0 Å². The van der Waals surface area contributed by atoms with E-state index in [9.17, 15) is 0 Å². The maximum absolute atomic E-state index is 6.79. The zero-order chi connectivity index (χ0) is 32.3. The summed E-state index contributed by atoms with van der Waals surface area (Å²) >= 11 is 0. The van der Waals surface area contributed by atoms with Crippen LogP contribution in [-0.4, -0.2) is 23.6 Å². The first-order valence-corrected chi connectivity index (χ1v) is 16.2. The summed E-state index contributed by atoms with van der Waals surface area (Å²) in [7, 11) is 2.09. The maximum atomic E-state index is 6.79. The number of rotatable bonds is 5. The fourth-order valence-electron chi connectivity index (χ4n) is 6.94. The van der Waals surface area contributed by atoms with Gasteiger partial charge in [-0.3, -0.25) is 4.98 Å². The molecule has 4 heteroatoms. The Hall–Kier alpha value is -4.83. The maximum Gasteiger partial charge on any atom is 0.129 e. The van der Waals surface area contributed by atoms with Crippen LogP contribution in [0.2, 0.25) is 0 Å². The van der Waals surface area contributed by atoms with Gasteiger partial charge in [0.1, 0.15) is 11.5 Å². The van der Waals surface area contributed by atoms with Gasteiger partial charge in [0.05, 0.1) is 17.8 Å². The molecule has 2 aliphatic rings. The molecule has 232 valence electrons. The summed E-state index contributed by atoms with van der Waals surface area (Å²) in [5.74, 6) is 1.63. The first-order valence-electron chi connectivity index (χ1n) is 16.2. The van der Waals surface area contributed by atoms with Crippen LogP contribution in [-0.2, 0) is 16.2 Å². The monoisotopic (exact) mass is 605 g/mol. The van der Waals surface area contributed by atoms with Gasteiger partial charge in [0.25, 0.3) is 0 Å². The van der Waals surface area contributed by atoms with Crippen LogP contribution in [0.25, 0.3) is 11.1 Å². The summed E-state index contributed by atoms with van der Waals surface area (Å²) in [6.45, 7) is 14.4. The SMILES string of the molecule is CN1C=CN(c2cc(Oc3cccc(C4(c5cc(C(C)(C)C)ccn5)c5ccccc5-c5ccccc54)c3)cc(C(C)(C)C)c2)C1. The molecule has 0 radical (unpaired) electrons. The first-order chi connectivity index (χ1) is 21.9. The molecule has 0 saturated heterocycles. The molecule has 46 heavy (non-hydrogen) atoms. The predicted molar refractivity (Wildman–Crippen MR) is 190 cm³/mol. The quantitative estimate of drug-likeness (QED) is 0.196. The Morgan fingerprint density at radius 3 is 1.96 bits per heavy atom. The molecule has 4 nitrogen and oxygen atoms in total. The van der Waals surface area contributed by atoms with Crippen molar-refractivity contribution in [1.29, 1.82) is 0 Å². The van der Waals surface area contributed by atoms with Crippen molar-refractivity contribution in [3.05, 3.63) is 155 Å². The Labute approximate surface area is 274 Å². The summed E-state index contributed by atoms with van der Waals surface area (Å²) in [6, 6.07) is 37.3. The second-order valence-electron chi connectivity index (χ2n) is 14.8. The second kappa shape index (κ2) is 10.9. The zero-order valence-electron chi connectivity index (χ0n) is 28.0. The van der Waals surface area contributed by atoms with Crippen molar-refractivity contribution in [1.82, 2.24) is 9.88 Å². The molecule has 2 heterocycles. The summed E-state index contributed by atoms with van der Waals surface area (Å²) in [6.07, 6.45) is 6.21. The van der Waals surface area contributed by atoms with Gasteiger partial charge < -0.3 is 14.5 Å². The van der Waals surface area contributed by atoms with Gasteiger partial charge in [-0.2, -0.15) is 0 Å². The van der Waals surface area contributed by atoms with E-state index in [4.69, 9.17) is 9.72 Å². The minimum atomic E-state index is -0.600. The number of anilines is 1. The lowest BCUT2D eigenvalue weighted by Gasteiger charge is -2.34. The van der Waals surface area contributed by atoms with Gasteiger partial charge in [-0.25, -0.2) is 0 Å². The van der Waals surface area contributed by atoms with Crippen molar-refractivity contribution in [3.8, 4) is 22.6 Å². The smallest absolute Gasteiger partial charge is 0.129 e. The highest BCUT2D eigenvalue weighted by atomic mass is 16.5. The highest BCUT2D eigenvalue weighted by Gasteiger charge is 2.47. The standard InChI is InChI=1S/C42H43N3O/c1-40(2,3)29-19-20-43-39(26-29)42(37-17-10-8-15-35(37)36-16-9-11-18-38(36)42)30-13-12-14-33(24-30)46-34-25-31(41(4,5)6)23-32(27-34)45-22-21-44(7)28-45/h8-27H,28H2,1-7H3. The number of aromatic nitrogens is 1. The van der Waals surface area contributed by atoms with Crippen LogP contribution in [0.5, 0.6) is 11.5 Å². The Kier molecular flexibility index (Phi) is 7.08. The van der Waals surface area contributed by atoms with E-state index in [1.165, 1.54) is 33.4 Å². The molecule has 0 saturated carbocycles. The van der Waals surface area contributed by atoms with Gasteiger partial charge in [-0.1, -0.05) is 102 Å². The summed E-state index contributed by atoms with van der Waals surface area (Å²) in [5.41, 5.74) is 10.1. The molecule has 4 aromatic carbocycles. The van der Waals surface area contributed by atoms with E-state index < -0.39 is 5.41 Å². The normalized spacial score (nSPS) is 15.2. The number of hydrogen-bond acceptors (Lipinski definition) is 4. The van der Waals surface area contributed by atoms with Gasteiger partial charge in [-0.05, 0) is 86.2 Å². The van der Waals surface area contributed by atoms with Crippen molar-refractivity contribution in [3.63, 3.8) is 0 Å². The number of ether oxygens (including phenoxy) is 1. The molecule has 0 bridgehead atoms. The number of hydrogen-bond donors (Lipinski definition) is 0. The predicted octanol–water partition coefficient (Wildman–Crippen LogP) is 10.0. The van der Waals surface area contributed by atoms with Crippen molar-refractivity contribution in [2.24, 2.45) is 0 Å². The first kappa shape index (κ1) is 29.9. The molecule has 0 spiro atoms. The summed E-state index contributed by atoms with van der Waals surface area (Å²) < 4.78 is 6.79. The number of benzene rings is 4. The third kappa shape index (κ3) is 5.06. The van der Waals surface area contributed by atoms with Crippen LogP contribution in [0.1, 0.15) is 75.1 Å². The van der Waals surface area contributed by atoms with E-state index in [1.54, 1.807) is 0 Å². The Morgan fingerprint density at radius 1 is 0.652 bits per heavy atom. The molecule has 0 amide bonds. The minimum Gasteiger partial charge on any atom is -0.457 e. The fraction of sp³-hybridized carbons (Fsp3) is 0.262. The molecule has 1 aromatic heterocycles. The molecule has 1 aliphatic carbocycles. The Bertz CT molecular complexity index is 1910. The highest BCUT2D eigenvalue weighted by molar-refractivity contribution is 5.86. The van der Waals surface area contributed by atoms with Crippen LogP contribution in [0.3, 0.4) is 0 Å². The van der Waals surface area contributed by atoms with E-state index in [1.807, 2.05) is 6.20 Å². The lowest BCUT2D eigenvalue weighted by molar-refractivity contribution is 0.475. The topological polar surface area (TPSA) is 28.6 Å². The van der Waals surface area contributed by atoms with E-state index in [2.05, 4.69) is 174 Å². The highest BCUT2D eigenvalue weighted by Crippen LogP contribution is 2.56. The molecule has 5 aromatic rings. The average molecular weight is 606 g/mol. The van der Waals surface area contributed by atoms with Crippen LogP contribution in [0.4, 0.5) is 5.69 Å². The van der Waals surface area contributed by atoms with Crippen molar-refractivity contribution in [2.45, 2.75) is 57.8 Å². The molecule has 0 atom stereocenters. The van der Waals surface area contributed by atoms with E-state index >= 15 is 0 Å². The molecular weight excluding hydrogens is 562 g/mol. The molecule has 0 fully saturated rings. The van der Waals surface area contributed by atoms with Crippen molar-refractivity contribution in [2.75, 3.05) is 18.6 Å². The van der Waals surface area contributed by atoms with Crippen LogP contribution < -0.4 is 9.64 Å². The van der Waals surface area contributed by atoms with E-state index in [-0.39, 0.29) is 10.8 Å². The van der Waals surface area contributed by atoms with Gasteiger partial charge in [0.2, 0.25) is 0 Å². The molecule has 0 N–H and O–H groups in total. The number of fused-ring (bicyclic) bond motifs is 3. The van der Waals surface area contributed by atoms with Gasteiger partial charge in [-0.15, -0.1) is 0 Å². The van der Waals surface area contributed by atoms with Crippen LogP contribution >= 0.6 is 0 Å². The van der Waals surface area contributed by atoms with E-state index in [0.29, 0.717) is 0 Å². The van der Waals surface area contributed by atoms with Crippen molar-refractivity contribution >= 4 is 5.69 Å². The zero-order valence-corrected chi connectivity index (χ0v) is 28.0.